The van der Waals surface area contributed by atoms with Gasteiger partial charge in [-0.1, -0.05) is 37.1 Å². The predicted octanol–water partition coefficient (Wildman–Crippen LogP) is 4.03. The second kappa shape index (κ2) is 11.0. The highest BCUT2D eigenvalue weighted by atomic mass is 16.5. The van der Waals surface area contributed by atoms with E-state index in [1.165, 1.54) is 0 Å². The first-order valence-electron chi connectivity index (χ1n) is 11.2. The van der Waals surface area contributed by atoms with Crippen LogP contribution in [0.5, 0.6) is 5.75 Å². The number of likely N-dealkylation sites (tertiary alicyclic amines) is 1. The van der Waals surface area contributed by atoms with Crippen LogP contribution in [0.2, 0.25) is 0 Å². The number of carbonyl (C=O) groups excluding carboxylic acids is 2. The fourth-order valence-corrected chi connectivity index (χ4v) is 3.87. The van der Waals surface area contributed by atoms with Gasteiger partial charge in [0.25, 0.3) is 5.91 Å². The van der Waals surface area contributed by atoms with Crippen LogP contribution in [0, 0.1) is 19.8 Å². The van der Waals surface area contributed by atoms with Crippen LogP contribution in [-0.4, -0.2) is 41.5 Å². The molecule has 0 saturated carbocycles. The molecule has 7 nitrogen and oxygen atoms in total. The molecule has 1 aromatic carbocycles. The second-order valence-electron chi connectivity index (χ2n) is 8.15. The Morgan fingerprint density at radius 3 is 2.61 bits per heavy atom. The highest BCUT2D eigenvalue weighted by Crippen LogP contribution is 2.25. The quantitative estimate of drug-likeness (QED) is 0.611. The summed E-state index contributed by atoms with van der Waals surface area (Å²) >= 11 is 0. The van der Waals surface area contributed by atoms with E-state index < -0.39 is 0 Å². The molecule has 1 aromatic heterocycles. The van der Waals surface area contributed by atoms with E-state index in [4.69, 9.17) is 9.26 Å². The third-order valence-corrected chi connectivity index (χ3v) is 5.90. The molecule has 1 aliphatic heterocycles. The van der Waals surface area contributed by atoms with Gasteiger partial charge < -0.3 is 19.5 Å². The van der Waals surface area contributed by atoms with Crippen molar-refractivity contribution >= 4 is 11.8 Å². The molecule has 2 heterocycles. The molecule has 0 unspecified atom stereocenters. The van der Waals surface area contributed by atoms with Crippen molar-refractivity contribution in [1.29, 1.82) is 0 Å². The minimum absolute atomic E-state index is 0.0169. The number of benzene rings is 1. The van der Waals surface area contributed by atoms with E-state index in [2.05, 4.69) is 17.4 Å². The molecule has 0 bridgehead atoms. The number of hydrogen-bond donors (Lipinski definition) is 1. The average Bonchev–Trinajstić information content (AvgIpc) is 3.12. The maximum absolute atomic E-state index is 13.2. The lowest BCUT2D eigenvalue weighted by atomic mass is 9.95. The highest BCUT2D eigenvalue weighted by molar-refractivity contribution is 5.97. The average molecular weight is 428 g/mol. The number of aromatic nitrogens is 1. The minimum Gasteiger partial charge on any atom is -0.488 e. The van der Waals surface area contributed by atoms with Crippen molar-refractivity contribution in [2.45, 2.75) is 59.5 Å². The lowest BCUT2D eigenvalue weighted by molar-refractivity contribution is -0.126. The Labute approximate surface area is 184 Å². The fourth-order valence-electron chi connectivity index (χ4n) is 3.87. The molecule has 1 saturated heterocycles. The molecule has 1 fully saturated rings. The van der Waals surface area contributed by atoms with E-state index in [0.29, 0.717) is 43.9 Å². The third-order valence-electron chi connectivity index (χ3n) is 5.90. The summed E-state index contributed by atoms with van der Waals surface area (Å²) < 4.78 is 11.2. The third kappa shape index (κ3) is 5.87. The first kappa shape index (κ1) is 22.8. The van der Waals surface area contributed by atoms with E-state index in [1.54, 1.807) is 6.07 Å². The second-order valence-corrected chi connectivity index (χ2v) is 8.15. The molecule has 0 atom stereocenters. The summed E-state index contributed by atoms with van der Waals surface area (Å²) in [6.45, 7) is 8.05. The van der Waals surface area contributed by atoms with Gasteiger partial charge in [-0.25, -0.2) is 0 Å². The maximum Gasteiger partial charge on any atom is 0.257 e. The van der Waals surface area contributed by atoms with Gasteiger partial charge >= 0.3 is 0 Å². The molecule has 3 rings (SSSR count). The van der Waals surface area contributed by atoms with Crippen molar-refractivity contribution in [3.63, 3.8) is 0 Å². The van der Waals surface area contributed by atoms with Crippen LogP contribution in [0.25, 0.3) is 0 Å². The Kier molecular flexibility index (Phi) is 8.09. The number of hydrogen-bond acceptors (Lipinski definition) is 5. The number of unbranched alkanes of at least 4 members (excludes halogenated alkanes) is 2. The Morgan fingerprint density at radius 1 is 1.19 bits per heavy atom. The number of ether oxygens (including phenoxy) is 1. The van der Waals surface area contributed by atoms with Gasteiger partial charge in [0.2, 0.25) is 5.91 Å². The maximum atomic E-state index is 13.2. The molecular formula is C24H33N3O4. The van der Waals surface area contributed by atoms with Gasteiger partial charge in [-0.15, -0.1) is 0 Å². The van der Waals surface area contributed by atoms with Crippen LogP contribution in [0.15, 0.2) is 28.8 Å². The van der Waals surface area contributed by atoms with E-state index in [1.807, 2.05) is 36.9 Å². The number of carbonyl (C=O) groups is 2. The van der Waals surface area contributed by atoms with Gasteiger partial charge in [0, 0.05) is 25.6 Å². The summed E-state index contributed by atoms with van der Waals surface area (Å²) in [6, 6.07) is 7.29. The largest absolute Gasteiger partial charge is 0.488 e. The van der Waals surface area contributed by atoms with E-state index >= 15 is 0 Å². The summed E-state index contributed by atoms with van der Waals surface area (Å²) in [7, 11) is 0. The Hall–Kier alpha value is -2.83. The Bertz CT molecular complexity index is 865. The number of piperidine rings is 1. The molecule has 0 radical (unpaired) electrons. The number of aryl methyl sites for hydroxylation is 2. The van der Waals surface area contributed by atoms with Crippen molar-refractivity contribution in [2.75, 3.05) is 19.6 Å². The molecule has 0 spiro atoms. The first-order valence-corrected chi connectivity index (χ1v) is 11.2. The zero-order valence-electron chi connectivity index (χ0n) is 18.8. The molecule has 0 aliphatic carbocycles. The molecule has 1 aliphatic rings. The zero-order valence-corrected chi connectivity index (χ0v) is 18.8. The van der Waals surface area contributed by atoms with Crippen LogP contribution in [0.4, 0.5) is 0 Å². The molecular weight excluding hydrogens is 394 g/mol. The van der Waals surface area contributed by atoms with Crippen LogP contribution in [0.3, 0.4) is 0 Å². The molecule has 2 amide bonds. The minimum atomic E-state index is -0.0591. The number of nitrogens with one attached hydrogen (secondary N) is 1. The number of para-hydroxylation sites is 1. The fraction of sp³-hybridized carbons (Fsp3) is 0.542. The molecule has 7 heteroatoms. The van der Waals surface area contributed by atoms with Gasteiger partial charge in [0.1, 0.15) is 18.1 Å². The van der Waals surface area contributed by atoms with E-state index in [-0.39, 0.29) is 17.7 Å². The van der Waals surface area contributed by atoms with E-state index in [9.17, 15) is 9.59 Å². The van der Waals surface area contributed by atoms with Crippen molar-refractivity contribution in [3.8, 4) is 5.75 Å². The normalized spacial score (nSPS) is 14.5. The Morgan fingerprint density at radius 2 is 1.94 bits per heavy atom. The summed E-state index contributed by atoms with van der Waals surface area (Å²) in [4.78, 5) is 27.3. The topological polar surface area (TPSA) is 84.7 Å². The summed E-state index contributed by atoms with van der Waals surface area (Å²) in [6.07, 6.45) is 4.66. The van der Waals surface area contributed by atoms with Gasteiger partial charge in [0.15, 0.2) is 0 Å². The molecule has 1 N–H and O–H groups in total. The van der Waals surface area contributed by atoms with Crippen molar-refractivity contribution < 1.29 is 18.8 Å². The Balaban J connectivity index is 1.56. The van der Waals surface area contributed by atoms with Crippen molar-refractivity contribution in [2.24, 2.45) is 5.92 Å². The van der Waals surface area contributed by atoms with Crippen LogP contribution in [-0.2, 0) is 11.4 Å². The lowest BCUT2D eigenvalue weighted by Gasteiger charge is -2.31. The number of rotatable bonds is 9. The molecule has 31 heavy (non-hydrogen) atoms. The van der Waals surface area contributed by atoms with Gasteiger partial charge in [-0.3, -0.25) is 9.59 Å². The van der Waals surface area contributed by atoms with Gasteiger partial charge in [0.05, 0.1) is 16.8 Å². The molecule has 2 aromatic rings. The van der Waals surface area contributed by atoms with Crippen molar-refractivity contribution in [1.82, 2.24) is 15.4 Å². The van der Waals surface area contributed by atoms with Crippen LogP contribution in [0.1, 0.15) is 66.4 Å². The summed E-state index contributed by atoms with van der Waals surface area (Å²) in [5.74, 6) is 1.30. The highest BCUT2D eigenvalue weighted by Gasteiger charge is 2.28. The van der Waals surface area contributed by atoms with E-state index in [0.717, 1.165) is 42.8 Å². The van der Waals surface area contributed by atoms with Gasteiger partial charge in [-0.2, -0.15) is 0 Å². The summed E-state index contributed by atoms with van der Waals surface area (Å²) in [5.41, 5.74) is 2.22. The first-order chi connectivity index (χ1) is 15.0. The van der Waals surface area contributed by atoms with Crippen molar-refractivity contribution in [3.05, 3.63) is 46.8 Å². The summed E-state index contributed by atoms with van der Waals surface area (Å²) in [5, 5.41) is 6.98. The standard InChI is InChI=1S/C24H33N3O4/c1-4-5-8-13-25-23(28)19-11-14-27(15-12-19)24(29)20-9-6-7-10-22(20)30-16-21-17(2)26-31-18(21)3/h6-7,9-10,19H,4-5,8,11-16H2,1-3H3,(H,25,28). The lowest BCUT2D eigenvalue weighted by Crippen LogP contribution is -2.43. The molecule has 168 valence electrons. The van der Waals surface area contributed by atoms with Crippen LogP contribution >= 0.6 is 0 Å². The smallest absolute Gasteiger partial charge is 0.257 e. The zero-order chi connectivity index (χ0) is 22.2. The SMILES string of the molecule is CCCCCNC(=O)C1CCN(C(=O)c2ccccc2OCc2c(C)noc2C)CC1. The number of nitrogens with zero attached hydrogens (tertiary/aromatic N) is 2. The predicted molar refractivity (Wildman–Crippen MR) is 118 cm³/mol. The van der Waals surface area contributed by atoms with Gasteiger partial charge in [-0.05, 0) is 45.2 Å². The number of amides is 2. The van der Waals surface area contributed by atoms with Crippen LogP contribution < -0.4 is 10.1 Å². The monoisotopic (exact) mass is 427 g/mol.